The Hall–Kier alpha value is -1.84. The van der Waals surface area contributed by atoms with Crippen LogP contribution in [0.3, 0.4) is 0 Å². The number of carboxylic acid groups (broad SMARTS) is 1. The van der Waals surface area contributed by atoms with Gasteiger partial charge in [-0.1, -0.05) is 18.2 Å². The first-order valence-electron chi connectivity index (χ1n) is 4.66. The van der Waals surface area contributed by atoms with Crippen LogP contribution in [-0.2, 0) is 16.0 Å². The summed E-state index contributed by atoms with van der Waals surface area (Å²) in [6.45, 7) is 0.155. The molecule has 0 amide bonds. The van der Waals surface area contributed by atoms with E-state index in [4.69, 9.17) is 9.84 Å². The number of fused-ring (bicyclic) bond motifs is 1. The van der Waals surface area contributed by atoms with E-state index in [9.17, 15) is 9.59 Å². The third kappa shape index (κ3) is 1.83. The number of benzene rings is 1. The molecule has 0 radical (unpaired) electrons. The Kier molecular flexibility index (Phi) is 2.41. The molecule has 78 valence electrons. The van der Waals surface area contributed by atoms with Crippen molar-refractivity contribution in [1.29, 1.82) is 0 Å². The number of hydrogen-bond donors (Lipinski definition) is 1. The average Bonchev–Trinajstić information content (AvgIpc) is 2.27. The van der Waals surface area contributed by atoms with E-state index in [-0.39, 0.29) is 6.61 Å². The molecule has 0 saturated heterocycles. The molecule has 0 aromatic heterocycles. The van der Waals surface area contributed by atoms with E-state index in [0.717, 1.165) is 11.3 Å². The molecular formula is C11H10O4. The highest BCUT2D eigenvalue weighted by Crippen LogP contribution is 2.27. The predicted octanol–water partition coefficient (Wildman–Crippen LogP) is 0.891. The van der Waals surface area contributed by atoms with Gasteiger partial charge in [-0.15, -0.1) is 0 Å². The molecule has 2 rings (SSSR count). The summed E-state index contributed by atoms with van der Waals surface area (Å²) in [5, 5.41) is 8.58. The summed E-state index contributed by atoms with van der Waals surface area (Å²) in [6.07, 6.45) is 0.446. The van der Waals surface area contributed by atoms with Crippen LogP contribution in [0.1, 0.15) is 5.56 Å². The minimum atomic E-state index is -1.39. The van der Waals surface area contributed by atoms with Gasteiger partial charge in [-0.2, -0.15) is 0 Å². The Balaban J connectivity index is 2.19. The smallest absolute Gasteiger partial charge is 0.372 e. The summed E-state index contributed by atoms with van der Waals surface area (Å²) in [7, 11) is 0. The Bertz CT molecular complexity index is 411. The number of ketones is 1. The molecule has 15 heavy (non-hydrogen) atoms. The van der Waals surface area contributed by atoms with Crippen LogP contribution in [0.15, 0.2) is 24.3 Å². The van der Waals surface area contributed by atoms with Crippen LogP contribution in [-0.4, -0.2) is 23.5 Å². The first-order valence-corrected chi connectivity index (χ1v) is 4.66. The highest BCUT2D eigenvalue weighted by Gasteiger charge is 2.29. The molecule has 0 fully saturated rings. The molecule has 1 aliphatic heterocycles. The lowest BCUT2D eigenvalue weighted by atomic mass is 9.93. The van der Waals surface area contributed by atoms with Gasteiger partial charge in [0, 0.05) is 0 Å². The second kappa shape index (κ2) is 3.73. The highest BCUT2D eigenvalue weighted by atomic mass is 16.5. The minimum absolute atomic E-state index is 0.155. The molecule has 1 aliphatic rings. The van der Waals surface area contributed by atoms with E-state index in [1.54, 1.807) is 0 Å². The van der Waals surface area contributed by atoms with Gasteiger partial charge in [-0.3, -0.25) is 4.79 Å². The van der Waals surface area contributed by atoms with E-state index in [1.165, 1.54) is 0 Å². The maximum Gasteiger partial charge on any atom is 0.372 e. The zero-order chi connectivity index (χ0) is 10.8. The van der Waals surface area contributed by atoms with Crippen molar-refractivity contribution >= 4 is 11.8 Å². The van der Waals surface area contributed by atoms with Gasteiger partial charge < -0.3 is 9.84 Å². The highest BCUT2D eigenvalue weighted by molar-refractivity contribution is 6.33. The standard InChI is InChI=1S/C11H10O4/c12-10(11(13)14)8-5-7-3-1-2-4-9(7)15-6-8/h1-4,8H,5-6H2,(H,13,14). The number of ether oxygens (including phenoxy) is 1. The van der Waals surface area contributed by atoms with Crippen LogP contribution in [0.25, 0.3) is 0 Å². The van der Waals surface area contributed by atoms with Crippen LogP contribution >= 0.6 is 0 Å². The SMILES string of the molecule is O=C(O)C(=O)C1COc2ccccc2C1. The number of hydrogen-bond acceptors (Lipinski definition) is 3. The largest absolute Gasteiger partial charge is 0.493 e. The van der Waals surface area contributed by atoms with Crippen molar-refractivity contribution in [3.8, 4) is 5.75 Å². The van der Waals surface area contributed by atoms with Crippen LogP contribution in [0, 0.1) is 5.92 Å². The van der Waals surface area contributed by atoms with Crippen LogP contribution in [0.4, 0.5) is 0 Å². The van der Waals surface area contributed by atoms with Crippen molar-refractivity contribution < 1.29 is 19.4 Å². The van der Waals surface area contributed by atoms with Gasteiger partial charge in [-0.05, 0) is 18.1 Å². The van der Waals surface area contributed by atoms with Crippen molar-refractivity contribution in [2.24, 2.45) is 5.92 Å². The van der Waals surface area contributed by atoms with Crippen LogP contribution in [0.5, 0.6) is 5.75 Å². The molecule has 1 heterocycles. The van der Waals surface area contributed by atoms with Crippen molar-refractivity contribution in [2.45, 2.75) is 6.42 Å². The third-order valence-corrected chi connectivity index (χ3v) is 2.46. The van der Waals surface area contributed by atoms with Gasteiger partial charge in [0.2, 0.25) is 5.78 Å². The Morgan fingerprint density at radius 1 is 1.33 bits per heavy atom. The molecule has 1 atom stereocenters. The lowest BCUT2D eigenvalue weighted by Gasteiger charge is -2.22. The fourth-order valence-corrected chi connectivity index (χ4v) is 1.67. The van der Waals surface area contributed by atoms with Gasteiger partial charge in [0.05, 0.1) is 12.5 Å². The quantitative estimate of drug-likeness (QED) is 0.730. The van der Waals surface area contributed by atoms with Crippen LogP contribution in [0.2, 0.25) is 0 Å². The lowest BCUT2D eigenvalue weighted by molar-refractivity contribution is -0.151. The third-order valence-electron chi connectivity index (χ3n) is 2.46. The second-order valence-electron chi connectivity index (χ2n) is 3.49. The topological polar surface area (TPSA) is 63.6 Å². The fourth-order valence-electron chi connectivity index (χ4n) is 1.67. The molecule has 1 unspecified atom stereocenters. The summed E-state index contributed by atoms with van der Waals surface area (Å²) >= 11 is 0. The molecule has 4 nitrogen and oxygen atoms in total. The molecule has 1 aromatic carbocycles. The maximum absolute atomic E-state index is 11.2. The maximum atomic E-state index is 11.2. The van der Waals surface area contributed by atoms with E-state index in [2.05, 4.69) is 0 Å². The monoisotopic (exact) mass is 206 g/mol. The number of Topliss-reactive ketones (excluding diaryl/α,β-unsaturated/α-hetero) is 1. The Morgan fingerprint density at radius 3 is 2.80 bits per heavy atom. The van der Waals surface area contributed by atoms with Crippen LogP contribution < -0.4 is 4.74 Å². The summed E-state index contributed by atoms with van der Waals surface area (Å²) < 4.78 is 5.32. The molecule has 4 heteroatoms. The predicted molar refractivity (Wildman–Crippen MR) is 51.8 cm³/mol. The van der Waals surface area contributed by atoms with E-state index in [0.29, 0.717) is 6.42 Å². The normalized spacial score (nSPS) is 18.8. The van der Waals surface area contributed by atoms with E-state index >= 15 is 0 Å². The van der Waals surface area contributed by atoms with Crippen molar-refractivity contribution in [3.05, 3.63) is 29.8 Å². The molecule has 1 aromatic rings. The number of rotatable bonds is 2. The summed E-state index contributed by atoms with van der Waals surface area (Å²) in [4.78, 5) is 21.7. The van der Waals surface area contributed by atoms with Gasteiger partial charge in [0.1, 0.15) is 5.75 Å². The number of aliphatic carboxylic acids is 1. The summed E-state index contributed by atoms with van der Waals surface area (Å²) in [6, 6.07) is 7.35. The Morgan fingerprint density at radius 2 is 2.07 bits per heavy atom. The fraction of sp³-hybridized carbons (Fsp3) is 0.273. The van der Waals surface area contributed by atoms with E-state index < -0.39 is 17.7 Å². The zero-order valence-electron chi connectivity index (χ0n) is 7.97. The molecule has 1 N–H and O–H groups in total. The van der Waals surface area contributed by atoms with Crippen molar-refractivity contribution in [2.75, 3.05) is 6.61 Å². The second-order valence-corrected chi connectivity index (χ2v) is 3.49. The summed E-state index contributed by atoms with van der Waals surface area (Å²) in [5.74, 6) is -1.98. The first-order chi connectivity index (χ1) is 7.18. The van der Waals surface area contributed by atoms with Gasteiger partial charge in [-0.25, -0.2) is 4.79 Å². The summed E-state index contributed by atoms with van der Waals surface area (Å²) in [5.41, 5.74) is 0.892. The van der Waals surface area contributed by atoms with Crippen molar-refractivity contribution in [3.63, 3.8) is 0 Å². The lowest BCUT2D eigenvalue weighted by Crippen LogP contribution is -2.32. The molecule has 0 bridgehead atoms. The molecule has 0 aliphatic carbocycles. The van der Waals surface area contributed by atoms with Gasteiger partial charge in [0.15, 0.2) is 0 Å². The first kappa shape index (κ1) is 9.71. The number of carbonyl (C=O) groups excluding carboxylic acids is 1. The minimum Gasteiger partial charge on any atom is -0.493 e. The Labute approximate surface area is 86.5 Å². The number of para-hydroxylation sites is 1. The zero-order valence-corrected chi connectivity index (χ0v) is 7.97. The van der Waals surface area contributed by atoms with E-state index in [1.807, 2.05) is 24.3 Å². The van der Waals surface area contributed by atoms with Gasteiger partial charge >= 0.3 is 5.97 Å². The molecular weight excluding hydrogens is 196 g/mol. The average molecular weight is 206 g/mol. The molecule has 0 saturated carbocycles. The van der Waals surface area contributed by atoms with Crippen molar-refractivity contribution in [1.82, 2.24) is 0 Å². The molecule has 0 spiro atoms. The van der Waals surface area contributed by atoms with Gasteiger partial charge in [0.25, 0.3) is 0 Å². The number of carbonyl (C=O) groups is 2. The number of carboxylic acids is 1.